The molecule has 0 unspecified atom stereocenters. The highest BCUT2D eigenvalue weighted by atomic mass is 19.1. The van der Waals surface area contributed by atoms with Crippen LogP contribution < -0.4 is 10.2 Å². The van der Waals surface area contributed by atoms with Crippen LogP contribution in [0.1, 0.15) is 37.7 Å². The highest BCUT2D eigenvalue weighted by Crippen LogP contribution is 2.36. The van der Waals surface area contributed by atoms with Crippen LogP contribution in [0.2, 0.25) is 0 Å². The molecular formula is C25H33FN4O2. The van der Waals surface area contributed by atoms with Crippen molar-refractivity contribution >= 4 is 11.5 Å². The molecule has 1 saturated carbocycles. The number of nitrogens with zero attached hydrogens (tertiary/aromatic N) is 3. The molecule has 5 rings (SSSR count). The van der Waals surface area contributed by atoms with Gasteiger partial charge in [-0.15, -0.1) is 0 Å². The third-order valence-corrected chi connectivity index (χ3v) is 8.07. The zero-order chi connectivity index (χ0) is 22.2. The topological polar surface area (TPSA) is 68.6 Å². The highest BCUT2D eigenvalue weighted by Gasteiger charge is 2.42. The molecule has 1 aliphatic carbocycles. The number of fused-ring (bicyclic) bond motifs is 3. The van der Waals surface area contributed by atoms with Crippen LogP contribution in [0.4, 0.5) is 10.1 Å². The van der Waals surface area contributed by atoms with Crippen molar-refractivity contribution in [3.8, 4) is 6.07 Å². The van der Waals surface area contributed by atoms with E-state index in [0.29, 0.717) is 23.6 Å². The Labute approximate surface area is 189 Å². The number of halogens is 1. The summed E-state index contributed by atoms with van der Waals surface area (Å²) < 4.78 is 21.0. The fourth-order valence-corrected chi connectivity index (χ4v) is 6.23. The summed E-state index contributed by atoms with van der Waals surface area (Å²) in [5.74, 6) is -0.260. The number of rotatable bonds is 6. The number of likely N-dealkylation sites (N-methyl/N-ethyl adjacent to an activating group) is 1. The molecule has 32 heavy (non-hydrogen) atoms. The lowest BCUT2D eigenvalue weighted by Crippen LogP contribution is -2.58. The van der Waals surface area contributed by atoms with E-state index in [1.54, 1.807) is 12.1 Å². The minimum absolute atomic E-state index is 0.110. The van der Waals surface area contributed by atoms with Gasteiger partial charge in [0, 0.05) is 43.8 Å². The van der Waals surface area contributed by atoms with Gasteiger partial charge in [0.2, 0.25) is 0 Å². The first-order valence-electron chi connectivity index (χ1n) is 12.1. The molecule has 3 saturated heterocycles. The van der Waals surface area contributed by atoms with Crippen molar-refractivity contribution in [3.05, 3.63) is 29.6 Å². The lowest BCUT2D eigenvalue weighted by atomic mass is 9.88. The van der Waals surface area contributed by atoms with Gasteiger partial charge in [0.1, 0.15) is 5.82 Å². The molecule has 4 fully saturated rings. The summed E-state index contributed by atoms with van der Waals surface area (Å²) in [7, 11) is 2.15. The van der Waals surface area contributed by atoms with Crippen molar-refractivity contribution < 1.29 is 13.9 Å². The van der Waals surface area contributed by atoms with E-state index in [1.807, 2.05) is 6.07 Å². The van der Waals surface area contributed by atoms with E-state index in [0.717, 1.165) is 57.6 Å². The van der Waals surface area contributed by atoms with Crippen LogP contribution in [0.3, 0.4) is 0 Å². The summed E-state index contributed by atoms with van der Waals surface area (Å²) >= 11 is 0. The smallest absolute Gasteiger partial charge is 0.151 e. The normalized spacial score (nSPS) is 33.0. The van der Waals surface area contributed by atoms with E-state index in [-0.39, 0.29) is 36.6 Å². The lowest BCUT2D eigenvalue weighted by molar-refractivity contribution is -0.122. The third-order valence-electron chi connectivity index (χ3n) is 8.07. The monoisotopic (exact) mass is 440 g/mol. The number of piperidine rings is 2. The summed E-state index contributed by atoms with van der Waals surface area (Å²) in [5.41, 5.74) is 1.37. The number of nitrogens with one attached hydrogen (secondary N) is 1. The molecule has 0 aromatic heterocycles. The van der Waals surface area contributed by atoms with Gasteiger partial charge < -0.3 is 15.0 Å². The van der Waals surface area contributed by atoms with Crippen LogP contribution in [-0.4, -0.2) is 68.2 Å². The van der Waals surface area contributed by atoms with Crippen LogP contribution in [0.5, 0.6) is 0 Å². The average Bonchev–Trinajstić information content (AvgIpc) is 3.43. The quantitative estimate of drug-likeness (QED) is 0.733. The van der Waals surface area contributed by atoms with Crippen LogP contribution >= 0.6 is 0 Å². The van der Waals surface area contributed by atoms with Gasteiger partial charge >= 0.3 is 0 Å². The fourth-order valence-electron chi connectivity index (χ4n) is 6.23. The Bertz CT molecular complexity index is 902. The van der Waals surface area contributed by atoms with Crippen molar-refractivity contribution in [1.82, 2.24) is 10.2 Å². The number of anilines is 1. The molecular weight excluding hydrogens is 407 g/mol. The average molecular weight is 441 g/mol. The van der Waals surface area contributed by atoms with Crippen molar-refractivity contribution in [1.29, 1.82) is 5.26 Å². The number of ketones is 1. The molecule has 6 atom stereocenters. The van der Waals surface area contributed by atoms with Gasteiger partial charge in [0.15, 0.2) is 5.78 Å². The zero-order valence-corrected chi connectivity index (χ0v) is 18.8. The molecule has 0 amide bonds. The standard InChI is InChI=1S/C25H33FN4O2/c1-29-8-9-32-24-15-30(7-6-22(24)29)20-5-3-17(21(26)13-20)10-16(14-27)11-23(31)25-18-2-4-19(12-18)28-25/h3,5,13,16,18-19,22,24-25,28H,2,4,6-12,15H2,1H3/t16-,18+,19-,22+,24+,25+/m1/s1. The van der Waals surface area contributed by atoms with Crippen molar-refractivity contribution in [2.45, 2.75) is 62.8 Å². The number of carbonyl (C=O) groups excluding carboxylic acids is 1. The number of morpholine rings is 1. The Morgan fingerprint density at radius 2 is 2.22 bits per heavy atom. The largest absolute Gasteiger partial charge is 0.373 e. The molecule has 4 aliphatic rings. The van der Waals surface area contributed by atoms with E-state index in [4.69, 9.17) is 4.74 Å². The van der Waals surface area contributed by atoms with E-state index in [1.165, 1.54) is 0 Å². The first-order chi connectivity index (χ1) is 15.5. The number of carbonyl (C=O) groups is 1. The number of benzene rings is 1. The first kappa shape index (κ1) is 21.8. The molecule has 6 nitrogen and oxygen atoms in total. The number of hydrogen-bond donors (Lipinski definition) is 1. The zero-order valence-electron chi connectivity index (χ0n) is 18.8. The number of ether oxygens (including phenoxy) is 1. The second-order valence-corrected chi connectivity index (χ2v) is 10.1. The van der Waals surface area contributed by atoms with Gasteiger partial charge in [0.25, 0.3) is 0 Å². The Kier molecular flexibility index (Phi) is 6.20. The molecule has 0 radical (unpaired) electrons. The summed E-state index contributed by atoms with van der Waals surface area (Å²) in [4.78, 5) is 17.3. The van der Waals surface area contributed by atoms with E-state index < -0.39 is 5.92 Å². The fraction of sp³-hybridized carbons (Fsp3) is 0.680. The molecule has 3 heterocycles. The number of nitriles is 1. The van der Waals surface area contributed by atoms with Crippen molar-refractivity contribution in [2.75, 3.05) is 38.2 Å². The van der Waals surface area contributed by atoms with Gasteiger partial charge in [-0.25, -0.2) is 4.39 Å². The van der Waals surface area contributed by atoms with Gasteiger partial charge in [0.05, 0.1) is 30.7 Å². The Morgan fingerprint density at radius 3 is 2.94 bits per heavy atom. The van der Waals surface area contributed by atoms with Crippen LogP contribution in [0.25, 0.3) is 0 Å². The van der Waals surface area contributed by atoms with Crippen LogP contribution in [-0.2, 0) is 16.0 Å². The van der Waals surface area contributed by atoms with Gasteiger partial charge in [-0.3, -0.25) is 9.69 Å². The first-order valence-corrected chi connectivity index (χ1v) is 12.1. The molecule has 1 aromatic carbocycles. The summed E-state index contributed by atoms with van der Waals surface area (Å²) in [6, 6.07) is 8.34. The van der Waals surface area contributed by atoms with E-state index in [9.17, 15) is 14.4 Å². The number of Topliss-reactive ketones (excluding diaryl/α,β-unsaturated/α-hetero) is 1. The molecule has 7 heteroatoms. The van der Waals surface area contributed by atoms with Gasteiger partial charge in [-0.05, 0) is 62.8 Å². The number of hydrogen-bond acceptors (Lipinski definition) is 6. The van der Waals surface area contributed by atoms with Gasteiger partial charge in [-0.1, -0.05) is 6.07 Å². The molecule has 2 bridgehead atoms. The highest BCUT2D eigenvalue weighted by molar-refractivity contribution is 5.85. The SMILES string of the molecule is CN1CCO[C@H]2CN(c3ccc(C[C@@H](C#N)CC(=O)[C@H]4N[C@@H]5CC[C@H]4C5)c(F)c3)CC[C@@H]21. The third kappa shape index (κ3) is 4.28. The lowest BCUT2D eigenvalue weighted by Gasteiger charge is -2.46. The van der Waals surface area contributed by atoms with Crippen molar-refractivity contribution in [3.63, 3.8) is 0 Å². The molecule has 0 spiro atoms. The maximum Gasteiger partial charge on any atom is 0.151 e. The van der Waals surface area contributed by atoms with Crippen LogP contribution in [0, 0.1) is 29.0 Å². The predicted molar refractivity (Wildman–Crippen MR) is 120 cm³/mol. The summed E-state index contributed by atoms with van der Waals surface area (Å²) in [6.07, 6.45) is 4.93. The molecule has 1 N–H and O–H groups in total. The van der Waals surface area contributed by atoms with E-state index in [2.05, 4.69) is 28.2 Å². The summed E-state index contributed by atoms with van der Waals surface area (Å²) in [5, 5.41) is 13.0. The van der Waals surface area contributed by atoms with Crippen LogP contribution in [0.15, 0.2) is 18.2 Å². The minimum Gasteiger partial charge on any atom is -0.373 e. The molecule has 3 aliphatic heterocycles. The molecule has 1 aromatic rings. The second kappa shape index (κ2) is 9.09. The maximum absolute atomic E-state index is 15.0. The predicted octanol–water partition coefficient (Wildman–Crippen LogP) is 2.52. The Morgan fingerprint density at radius 1 is 1.34 bits per heavy atom. The second-order valence-electron chi connectivity index (χ2n) is 10.1. The van der Waals surface area contributed by atoms with Gasteiger partial charge in [-0.2, -0.15) is 5.26 Å². The minimum atomic E-state index is -0.495. The molecule has 172 valence electrons. The Hall–Kier alpha value is -2.01. The summed E-state index contributed by atoms with van der Waals surface area (Å²) in [6.45, 7) is 3.34. The van der Waals surface area contributed by atoms with E-state index >= 15 is 0 Å². The Balaban J connectivity index is 1.20. The maximum atomic E-state index is 15.0. The van der Waals surface area contributed by atoms with Crippen molar-refractivity contribution in [2.24, 2.45) is 11.8 Å².